The van der Waals surface area contributed by atoms with Crippen LogP contribution in [0.5, 0.6) is 0 Å². The van der Waals surface area contributed by atoms with Crippen LogP contribution < -0.4 is 4.90 Å². The van der Waals surface area contributed by atoms with Gasteiger partial charge in [-0.2, -0.15) is 0 Å². The van der Waals surface area contributed by atoms with Crippen LogP contribution in [0.3, 0.4) is 0 Å². The highest BCUT2D eigenvalue weighted by Crippen LogP contribution is 2.42. The van der Waals surface area contributed by atoms with Crippen LogP contribution in [0, 0.1) is 6.92 Å². The fourth-order valence-corrected chi connectivity index (χ4v) is 2.46. The summed E-state index contributed by atoms with van der Waals surface area (Å²) in [7, 11) is 1.76. The van der Waals surface area contributed by atoms with Gasteiger partial charge in [-0.3, -0.25) is 4.79 Å². The summed E-state index contributed by atoms with van der Waals surface area (Å²) in [6.07, 6.45) is 0. The van der Waals surface area contributed by atoms with Crippen molar-refractivity contribution in [3.05, 3.63) is 39.8 Å². The van der Waals surface area contributed by atoms with Crippen molar-refractivity contribution in [3.63, 3.8) is 0 Å². The Morgan fingerprint density at radius 3 is 2.88 bits per heavy atom. The Balaban J connectivity index is 2.62. The monoisotopic (exact) mass is 230 g/mol. The highest BCUT2D eigenvalue weighted by molar-refractivity contribution is 6.08. The second-order valence-corrected chi connectivity index (χ2v) is 4.56. The molecule has 1 aromatic rings. The van der Waals surface area contributed by atoms with Gasteiger partial charge < -0.3 is 4.90 Å². The summed E-state index contributed by atoms with van der Waals surface area (Å²) in [5, 5.41) is 3.57. The van der Waals surface area contributed by atoms with Crippen LogP contribution in [0.25, 0.3) is 10.4 Å². The second-order valence-electron chi connectivity index (χ2n) is 4.56. The number of carbonyl (C=O) groups excluding carboxylic acids is 1. The van der Waals surface area contributed by atoms with Crippen LogP contribution in [0.1, 0.15) is 18.1 Å². The van der Waals surface area contributed by atoms with Gasteiger partial charge in [0.1, 0.15) is 0 Å². The maximum Gasteiger partial charge on any atom is 0.237 e. The third-order valence-electron chi connectivity index (χ3n) is 3.39. The summed E-state index contributed by atoms with van der Waals surface area (Å²) in [6.45, 7) is 3.96. The van der Waals surface area contributed by atoms with Crippen LogP contribution >= 0.6 is 0 Å². The minimum absolute atomic E-state index is 0.0193. The average molecular weight is 230 g/mol. The number of carbonyl (C=O) groups is 1. The normalized spacial score (nSPS) is 22.3. The first-order valence-corrected chi connectivity index (χ1v) is 5.41. The van der Waals surface area contributed by atoms with Gasteiger partial charge in [0.05, 0.1) is 11.1 Å². The molecule has 1 aliphatic heterocycles. The highest BCUT2D eigenvalue weighted by atomic mass is 16.2. The average Bonchev–Trinajstić information content (AvgIpc) is 2.51. The van der Waals surface area contributed by atoms with Crippen LogP contribution in [0.4, 0.5) is 5.69 Å². The Morgan fingerprint density at radius 1 is 1.53 bits per heavy atom. The van der Waals surface area contributed by atoms with E-state index in [0.717, 1.165) is 16.8 Å². The zero-order valence-electron chi connectivity index (χ0n) is 10.1. The van der Waals surface area contributed by atoms with E-state index < -0.39 is 5.41 Å². The predicted molar refractivity (Wildman–Crippen MR) is 66.0 cm³/mol. The van der Waals surface area contributed by atoms with E-state index in [1.807, 2.05) is 32.0 Å². The summed E-state index contributed by atoms with van der Waals surface area (Å²) in [6, 6.07) is 5.83. The zero-order chi connectivity index (χ0) is 12.6. The number of likely N-dealkylation sites (N-methyl/N-ethyl adjacent to an activating group) is 1. The number of fused-ring (bicyclic) bond motifs is 1. The second kappa shape index (κ2) is 3.79. The Hall–Kier alpha value is -2.00. The van der Waals surface area contributed by atoms with E-state index in [-0.39, 0.29) is 12.5 Å². The lowest BCUT2D eigenvalue weighted by Crippen LogP contribution is -2.38. The van der Waals surface area contributed by atoms with Gasteiger partial charge in [0.2, 0.25) is 5.91 Å². The molecule has 0 fully saturated rings. The van der Waals surface area contributed by atoms with E-state index in [1.165, 1.54) is 0 Å². The predicted octanol–water partition coefficient (Wildman–Crippen LogP) is 2.54. The standard InChI is InChI=1S/C12H14N4O/c1-8-5-4-6-9-10(8)16(3)11(17)12(9,2)7-14-15-13/h4-6H,7H2,1-3H3. The zero-order valence-corrected chi connectivity index (χ0v) is 10.1. The van der Waals surface area contributed by atoms with E-state index in [0.29, 0.717) is 0 Å². The molecule has 17 heavy (non-hydrogen) atoms. The summed E-state index contributed by atoms with van der Waals surface area (Å²) in [5.74, 6) is -0.0193. The van der Waals surface area contributed by atoms with Gasteiger partial charge in [0, 0.05) is 18.5 Å². The van der Waals surface area contributed by atoms with Crippen molar-refractivity contribution in [2.24, 2.45) is 5.11 Å². The first-order valence-electron chi connectivity index (χ1n) is 5.41. The Kier molecular flexibility index (Phi) is 2.56. The Bertz CT molecular complexity index is 533. The molecule has 88 valence electrons. The number of aryl methyl sites for hydroxylation is 1. The van der Waals surface area contributed by atoms with E-state index in [2.05, 4.69) is 10.0 Å². The van der Waals surface area contributed by atoms with E-state index in [1.54, 1.807) is 11.9 Å². The van der Waals surface area contributed by atoms with Crippen LogP contribution in [-0.2, 0) is 10.2 Å². The summed E-state index contributed by atoms with van der Waals surface area (Å²) in [4.78, 5) is 16.7. The van der Waals surface area contributed by atoms with Gasteiger partial charge in [-0.1, -0.05) is 23.3 Å². The lowest BCUT2D eigenvalue weighted by Gasteiger charge is -2.20. The quantitative estimate of drug-likeness (QED) is 0.437. The van der Waals surface area contributed by atoms with Gasteiger partial charge in [-0.25, -0.2) is 0 Å². The minimum atomic E-state index is -0.734. The summed E-state index contributed by atoms with van der Waals surface area (Å²) >= 11 is 0. The number of nitrogens with zero attached hydrogens (tertiary/aromatic N) is 4. The lowest BCUT2D eigenvalue weighted by atomic mass is 9.83. The Labute approximate surface area is 99.7 Å². The molecular weight excluding hydrogens is 216 g/mol. The van der Waals surface area contributed by atoms with Crippen molar-refractivity contribution in [2.45, 2.75) is 19.3 Å². The molecule has 1 unspecified atom stereocenters. The number of hydrogen-bond donors (Lipinski definition) is 0. The van der Waals surface area contributed by atoms with Gasteiger partial charge in [-0.05, 0) is 30.5 Å². The number of anilines is 1. The fourth-order valence-electron chi connectivity index (χ4n) is 2.46. The molecule has 0 bridgehead atoms. The number of benzene rings is 1. The number of amides is 1. The first-order chi connectivity index (χ1) is 8.02. The van der Waals surface area contributed by atoms with E-state index in [9.17, 15) is 4.79 Å². The largest absolute Gasteiger partial charge is 0.314 e. The molecule has 1 atom stereocenters. The lowest BCUT2D eigenvalue weighted by molar-refractivity contribution is -0.122. The molecule has 1 aromatic carbocycles. The van der Waals surface area contributed by atoms with Crippen molar-refractivity contribution < 1.29 is 4.79 Å². The van der Waals surface area contributed by atoms with Crippen molar-refractivity contribution >= 4 is 11.6 Å². The smallest absolute Gasteiger partial charge is 0.237 e. The van der Waals surface area contributed by atoms with Gasteiger partial charge >= 0.3 is 0 Å². The van der Waals surface area contributed by atoms with Crippen molar-refractivity contribution in [1.82, 2.24) is 0 Å². The van der Waals surface area contributed by atoms with Crippen LogP contribution in [-0.4, -0.2) is 19.5 Å². The number of hydrogen-bond acceptors (Lipinski definition) is 2. The third-order valence-corrected chi connectivity index (χ3v) is 3.39. The van der Waals surface area contributed by atoms with E-state index >= 15 is 0 Å². The molecule has 2 rings (SSSR count). The van der Waals surface area contributed by atoms with E-state index in [4.69, 9.17) is 5.53 Å². The van der Waals surface area contributed by atoms with Gasteiger partial charge in [0.15, 0.2) is 0 Å². The molecule has 0 radical (unpaired) electrons. The van der Waals surface area contributed by atoms with Gasteiger partial charge in [0.25, 0.3) is 0 Å². The topological polar surface area (TPSA) is 69.1 Å². The van der Waals surface area contributed by atoms with Crippen LogP contribution in [0.15, 0.2) is 23.3 Å². The maximum absolute atomic E-state index is 12.3. The van der Waals surface area contributed by atoms with Crippen molar-refractivity contribution in [3.8, 4) is 0 Å². The molecule has 0 aromatic heterocycles. The van der Waals surface area contributed by atoms with Gasteiger partial charge in [-0.15, -0.1) is 0 Å². The Morgan fingerprint density at radius 2 is 2.24 bits per heavy atom. The molecular formula is C12H14N4O. The number of azide groups is 1. The molecule has 0 N–H and O–H groups in total. The third kappa shape index (κ3) is 1.47. The number of rotatable bonds is 2. The molecule has 1 aliphatic rings. The minimum Gasteiger partial charge on any atom is -0.314 e. The van der Waals surface area contributed by atoms with Crippen molar-refractivity contribution in [1.29, 1.82) is 0 Å². The molecule has 1 heterocycles. The highest BCUT2D eigenvalue weighted by Gasteiger charge is 2.45. The maximum atomic E-state index is 12.3. The van der Waals surface area contributed by atoms with Crippen molar-refractivity contribution in [2.75, 3.05) is 18.5 Å². The molecule has 0 saturated carbocycles. The summed E-state index contributed by atoms with van der Waals surface area (Å²) in [5.41, 5.74) is 10.6. The van der Waals surface area contributed by atoms with Crippen LogP contribution in [0.2, 0.25) is 0 Å². The first kappa shape index (κ1) is 11.5. The molecule has 5 heteroatoms. The molecule has 5 nitrogen and oxygen atoms in total. The molecule has 0 spiro atoms. The molecule has 1 amide bonds. The SMILES string of the molecule is Cc1cccc2c1N(C)C(=O)C2(C)CN=[N+]=[N-]. The molecule has 0 aliphatic carbocycles. The summed E-state index contributed by atoms with van der Waals surface area (Å²) < 4.78 is 0. The number of para-hydroxylation sites is 1. The fraction of sp³-hybridized carbons (Fsp3) is 0.417. The molecule has 0 saturated heterocycles.